The Morgan fingerprint density at radius 1 is 1.06 bits per heavy atom. The van der Waals surface area contributed by atoms with Crippen LogP contribution in [0.25, 0.3) is 16.6 Å². The number of fused-ring (bicyclic) bond motifs is 1. The highest BCUT2D eigenvalue weighted by Crippen LogP contribution is 2.33. The molecule has 0 unspecified atom stereocenters. The Kier molecular flexibility index (Phi) is 5.29. The standard InChI is InChI=1S/C20H14F3N7O3/c21-20(22,23)11-5-6-25-14(7-11)29-19(33)28-12-3-1-10(2-4-12)15-13(18(31)32)8-30-16(15)17(24)26-9-27-30/h1-9H,(H,31,32)(H2,24,26,27)(H2,25,28,29,33). The van der Waals surface area contributed by atoms with Crippen LogP contribution in [0.1, 0.15) is 15.9 Å². The number of nitrogens with zero attached hydrogens (tertiary/aromatic N) is 4. The van der Waals surface area contributed by atoms with Gasteiger partial charge in [0, 0.05) is 23.6 Å². The number of amides is 2. The van der Waals surface area contributed by atoms with Gasteiger partial charge < -0.3 is 16.2 Å². The second-order valence-electron chi connectivity index (χ2n) is 6.75. The molecule has 0 aliphatic heterocycles. The van der Waals surface area contributed by atoms with Crippen molar-refractivity contribution >= 4 is 34.8 Å². The molecule has 0 spiro atoms. The molecular formula is C20H14F3N7O3. The van der Waals surface area contributed by atoms with Gasteiger partial charge >= 0.3 is 18.2 Å². The van der Waals surface area contributed by atoms with E-state index in [2.05, 4.69) is 25.7 Å². The Hall–Kier alpha value is -4.68. The normalized spacial score (nSPS) is 11.4. The summed E-state index contributed by atoms with van der Waals surface area (Å²) >= 11 is 0. The highest BCUT2D eigenvalue weighted by molar-refractivity contribution is 6.04. The van der Waals surface area contributed by atoms with Crippen molar-refractivity contribution < 1.29 is 27.9 Å². The summed E-state index contributed by atoms with van der Waals surface area (Å²) in [4.78, 5) is 31.5. The minimum atomic E-state index is -4.57. The zero-order chi connectivity index (χ0) is 23.8. The second kappa shape index (κ2) is 8.11. The summed E-state index contributed by atoms with van der Waals surface area (Å²) < 4.78 is 39.7. The van der Waals surface area contributed by atoms with Gasteiger partial charge in [0.15, 0.2) is 5.82 Å². The topological polar surface area (TPSA) is 148 Å². The quantitative estimate of drug-likeness (QED) is 0.365. The van der Waals surface area contributed by atoms with E-state index < -0.39 is 23.7 Å². The Morgan fingerprint density at radius 3 is 2.45 bits per heavy atom. The molecule has 3 aromatic heterocycles. The summed E-state index contributed by atoms with van der Waals surface area (Å²) in [7, 11) is 0. The first-order chi connectivity index (χ1) is 15.6. The fourth-order valence-electron chi connectivity index (χ4n) is 3.16. The maximum absolute atomic E-state index is 12.8. The van der Waals surface area contributed by atoms with Crippen molar-refractivity contribution in [1.29, 1.82) is 0 Å². The minimum absolute atomic E-state index is 0.0451. The molecule has 5 N–H and O–H groups in total. The van der Waals surface area contributed by atoms with Gasteiger partial charge in [-0.25, -0.2) is 24.1 Å². The minimum Gasteiger partial charge on any atom is -0.478 e. The van der Waals surface area contributed by atoms with Crippen molar-refractivity contribution in [2.24, 2.45) is 0 Å². The Bertz CT molecular complexity index is 1370. The lowest BCUT2D eigenvalue weighted by molar-refractivity contribution is -0.137. The number of nitrogen functional groups attached to an aromatic ring is 1. The van der Waals surface area contributed by atoms with Crippen LogP contribution in [0, 0.1) is 0 Å². The van der Waals surface area contributed by atoms with Crippen molar-refractivity contribution in [2.75, 3.05) is 16.4 Å². The number of carbonyl (C=O) groups excluding carboxylic acids is 1. The molecule has 0 saturated carbocycles. The zero-order valence-electron chi connectivity index (χ0n) is 16.5. The molecule has 0 radical (unpaired) electrons. The lowest BCUT2D eigenvalue weighted by Crippen LogP contribution is -2.20. The lowest BCUT2D eigenvalue weighted by Gasteiger charge is -2.10. The number of rotatable bonds is 4. The molecule has 0 saturated heterocycles. The number of aromatic carboxylic acids is 1. The predicted octanol–water partition coefficient (Wildman–Crippen LogP) is 3.73. The van der Waals surface area contributed by atoms with E-state index in [4.69, 9.17) is 5.73 Å². The molecule has 3 heterocycles. The largest absolute Gasteiger partial charge is 0.478 e. The van der Waals surface area contributed by atoms with Crippen molar-refractivity contribution in [3.8, 4) is 11.1 Å². The molecule has 0 atom stereocenters. The molecule has 4 rings (SSSR count). The number of anilines is 3. The third-order valence-electron chi connectivity index (χ3n) is 4.59. The number of aromatic nitrogens is 4. The van der Waals surface area contributed by atoms with Crippen molar-refractivity contribution in [3.05, 3.63) is 66.2 Å². The molecule has 0 bridgehead atoms. The number of carboxylic acids is 1. The van der Waals surface area contributed by atoms with Crippen LogP contribution in [0.5, 0.6) is 0 Å². The van der Waals surface area contributed by atoms with Gasteiger partial charge in [0.05, 0.1) is 11.1 Å². The summed E-state index contributed by atoms with van der Waals surface area (Å²) in [5.41, 5.74) is 6.29. The van der Waals surface area contributed by atoms with Crippen LogP contribution >= 0.6 is 0 Å². The van der Waals surface area contributed by atoms with Crippen LogP contribution < -0.4 is 16.4 Å². The molecule has 0 aliphatic carbocycles. The van der Waals surface area contributed by atoms with Crippen LogP contribution in [0.4, 0.5) is 35.3 Å². The highest BCUT2D eigenvalue weighted by atomic mass is 19.4. The average Bonchev–Trinajstić information content (AvgIpc) is 3.15. The third-order valence-corrected chi connectivity index (χ3v) is 4.59. The zero-order valence-corrected chi connectivity index (χ0v) is 16.5. The number of alkyl halides is 3. The number of hydrogen-bond donors (Lipinski definition) is 4. The number of carbonyl (C=O) groups is 2. The van der Waals surface area contributed by atoms with Crippen LogP contribution in [0.3, 0.4) is 0 Å². The Balaban J connectivity index is 1.56. The number of carboxylic acid groups (broad SMARTS) is 1. The van der Waals surface area contributed by atoms with Crippen LogP contribution in [0.2, 0.25) is 0 Å². The van der Waals surface area contributed by atoms with Crippen molar-refractivity contribution in [2.45, 2.75) is 6.18 Å². The van der Waals surface area contributed by atoms with Crippen LogP contribution in [-0.2, 0) is 6.18 Å². The van der Waals surface area contributed by atoms with Gasteiger partial charge in [-0.05, 0) is 29.8 Å². The molecule has 10 nitrogen and oxygen atoms in total. The predicted molar refractivity (Wildman–Crippen MR) is 112 cm³/mol. The molecular weight excluding hydrogens is 443 g/mol. The van der Waals surface area contributed by atoms with Gasteiger partial charge in [0.25, 0.3) is 0 Å². The molecule has 0 aliphatic rings. The van der Waals surface area contributed by atoms with Crippen molar-refractivity contribution in [1.82, 2.24) is 19.6 Å². The maximum Gasteiger partial charge on any atom is 0.416 e. The smallest absolute Gasteiger partial charge is 0.416 e. The van der Waals surface area contributed by atoms with E-state index >= 15 is 0 Å². The molecule has 1 aromatic carbocycles. The van der Waals surface area contributed by atoms with Gasteiger partial charge in [0.1, 0.15) is 17.7 Å². The molecule has 168 valence electrons. The van der Waals surface area contributed by atoms with Gasteiger partial charge in [-0.2, -0.15) is 18.3 Å². The molecule has 13 heteroatoms. The number of urea groups is 1. The van der Waals surface area contributed by atoms with E-state index in [1.807, 2.05) is 0 Å². The Labute approximate surface area is 182 Å². The molecule has 2 amide bonds. The Morgan fingerprint density at radius 2 is 1.79 bits per heavy atom. The molecule has 4 aromatic rings. The fourth-order valence-corrected chi connectivity index (χ4v) is 3.16. The number of hydrogen-bond acceptors (Lipinski definition) is 6. The molecule has 33 heavy (non-hydrogen) atoms. The molecule has 0 fully saturated rings. The second-order valence-corrected chi connectivity index (χ2v) is 6.75. The van der Waals surface area contributed by atoms with Gasteiger partial charge in [-0.1, -0.05) is 12.1 Å². The summed E-state index contributed by atoms with van der Waals surface area (Å²) in [5.74, 6) is -1.38. The van der Waals surface area contributed by atoms with Crippen molar-refractivity contribution in [3.63, 3.8) is 0 Å². The van der Waals surface area contributed by atoms with Gasteiger partial charge in [-0.15, -0.1) is 0 Å². The first-order valence-electron chi connectivity index (χ1n) is 9.20. The summed E-state index contributed by atoms with van der Waals surface area (Å²) in [6, 6.07) is 6.76. The summed E-state index contributed by atoms with van der Waals surface area (Å²) in [6.07, 6.45) is -1.13. The first-order valence-corrected chi connectivity index (χ1v) is 9.20. The van der Waals surface area contributed by atoms with Crippen LogP contribution in [-0.4, -0.2) is 36.7 Å². The first kappa shape index (κ1) is 21.5. The monoisotopic (exact) mass is 457 g/mol. The summed E-state index contributed by atoms with van der Waals surface area (Å²) in [5, 5.41) is 18.2. The fraction of sp³-hybridized carbons (Fsp3) is 0.0500. The highest BCUT2D eigenvalue weighted by Gasteiger charge is 2.30. The number of nitrogens with two attached hydrogens (primary N) is 1. The SMILES string of the molecule is Nc1ncnn2cc(C(=O)O)c(-c3ccc(NC(=O)Nc4cc(C(F)(F)F)ccn4)cc3)c12. The maximum atomic E-state index is 12.8. The number of halogens is 3. The van der Waals surface area contributed by atoms with E-state index in [-0.39, 0.29) is 17.2 Å². The van der Waals surface area contributed by atoms with Gasteiger partial charge in [0.2, 0.25) is 0 Å². The summed E-state index contributed by atoms with van der Waals surface area (Å²) in [6.45, 7) is 0. The van der Waals surface area contributed by atoms with Gasteiger partial charge in [-0.3, -0.25) is 5.32 Å². The number of nitrogens with one attached hydrogen (secondary N) is 2. The average molecular weight is 457 g/mol. The third kappa shape index (κ3) is 4.37. The number of benzene rings is 1. The van der Waals surface area contributed by atoms with E-state index in [9.17, 15) is 27.9 Å². The van der Waals surface area contributed by atoms with E-state index in [0.717, 1.165) is 12.3 Å². The van der Waals surface area contributed by atoms with Crippen LogP contribution in [0.15, 0.2) is 55.1 Å². The lowest BCUT2D eigenvalue weighted by atomic mass is 10.0. The van der Waals surface area contributed by atoms with E-state index in [1.54, 1.807) is 12.1 Å². The van der Waals surface area contributed by atoms with E-state index in [0.29, 0.717) is 28.4 Å². The van der Waals surface area contributed by atoms with E-state index in [1.165, 1.54) is 29.2 Å². The number of pyridine rings is 1.